The van der Waals surface area contributed by atoms with Crippen LogP contribution in [0.25, 0.3) is 0 Å². The van der Waals surface area contributed by atoms with Gasteiger partial charge in [0, 0.05) is 11.0 Å². The van der Waals surface area contributed by atoms with Crippen LogP contribution in [0.15, 0.2) is 0 Å². The molecule has 0 N–H and O–H groups in total. The molecular formula is C10H19IO. The summed E-state index contributed by atoms with van der Waals surface area (Å²) in [5, 5.41) is 0. The van der Waals surface area contributed by atoms with Crippen molar-refractivity contribution in [2.45, 2.75) is 45.1 Å². The second-order valence-corrected chi connectivity index (χ2v) is 4.99. The molecule has 0 unspecified atom stereocenters. The van der Waals surface area contributed by atoms with Crippen molar-refractivity contribution in [1.82, 2.24) is 0 Å². The van der Waals surface area contributed by atoms with Gasteiger partial charge in [-0.1, -0.05) is 49.3 Å². The van der Waals surface area contributed by atoms with Crippen LogP contribution in [0.3, 0.4) is 0 Å². The Balaban J connectivity index is 2.34. The number of halogens is 1. The van der Waals surface area contributed by atoms with Gasteiger partial charge in [-0.05, 0) is 18.8 Å². The van der Waals surface area contributed by atoms with E-state index in [0.29, 0.717) is 5.92 Å². The zero-order chi connectivity index (χ0) is 9.03. The average Bonchev–Trinajstić information content (AvgIpc) is 2.50. The molecule has 0 heterocycles. The predicted molar refractivity (Wildman–Crippen MR) is 60.9 cm³/mol. The minimum atomic E-state index is 0.255. The van der Waals surface area contributed by atoms with Crippen molar-refractivity contribution in [3.8, 4) is 0 Å². The Morgan fingerprint density at radius 3 is 2.33 bits per heavy atom. The molecular weight excluding hydrogens is 263 g/mol. The average molecular weight is 282 g/mol. The van der Waals surface area contributed by atoms with Crippen molar-refractivity contribution < 1.29 is 4.74 Å². The molecule has 1 rings (SSSR count). The Bertz CT molecular complexity index is 128. The molecule has 0 aromatic rings. The largest absolute Gasteiger partial charge is 0.374 e. The summed E-state index contributed by atoms with van der Waals surface area (Å²) in [6.45, 7) is 5.37. The van der Waals surface area contributed by atoms with E-state index >= 15 is 0 Å². The third-order valence-electron chi connectivity index (χ3n) is 2.48. The summed E-state index contributed by atoms with van der Waals surface area (Å²) in [7, 11) is 0. The number of hydrogen-bond acceptors (Lipinski definition) is 1. The number of ether oxygens (including phenoxy) is 1. The molecule has 1 aliphatic rings. The lowest BCUT2D eigenvalue weighted by Gasteiger charge is -2.28. The van der Waals surface area contributed by atoms with Gasteiger partial charge in [0.05, 0.1) is 5.60 Å². The summed E-state index contributed by atoms with van der Waals surface area (Å²) >= 11 is 2.46. The molecule has 1 aliphatic carbocycles. The molecule has 1 saturated carbocycles. The molecule has 0 aliphatic heterocycles. The molecule has 12 heavy (non-hydrogen) atoms. The SMILES string of the molecule is CC(C)COC1(CI)CCCC1. The Morgan fingerprint density at radius 1 is 1.33 bits per heavy atom. The third-order valence-corrected chi connectivity index (χ3v) is 3.87. The highest BCUT2D eigenvalue weighted by molar-refractivity contribution is 14.1. The fourth-order valence-electron chi connectivity index (χ4n) is 1.68. The summed E-state index contributed by atoms with van der Waals surface area (Å²) in [4.78, 5) is 0. The van der Waals surface area contributed by atoms with E-state index in [-0.39, 0.29) is 5.60 Å². The molecule has 1 nitrogen and oxygen atoms in total. The van der Waals surface area contributed by atoms with Crippen LogP contribution < -0.4 is 0 Å². The normalized spacial score (nSPS) is 22.0. The van der Waals surface area contributed by atoms with Gasteiger partial charge < -0.3 is 4.74 Å². The van der Waals surface area contributed by atoms with Crippen LogP contribution in [0.1, 0.15) is 39.5 Å². The zero-order valence-electron chi connectivity index (χ0n) is 8.11. The van der Waals surface area contributed by atoms with Crippen LogP contribution in [0.5, 0.6) is 0 Å². The molecule has 0 aromatic heterocycles. The van der Waals surface area contributed by atoms with E-state index in [0.717, 1.165) is 11.0 Å². The van der Waals surface area contributed by atoms with E-state index in [1.54, 1.807) is 0 Å². The lowest BCUT2D eigenvalue weighted by atomic mass is 10.1. The molecule has 1 fully saturated rings. The summed E-state index contributed by atoms with van der Waals surface area (Å²) in [6, 6.07) is 0. The van der Waals surface area contributed by atoms with Crippen LogP contribution >= 0.6 is 22.6 Å². The molecule has 0 radical (unpaired) electrons. The van der Waals surface area contributed by atoms with Gasteiger partial charge in [0.15, 0.2) is 0 Å². The molecule has 72 valence electrons. The van der Waals surface area contributed by atoms with Gasteiger partial charge in [-0.2, -0.15) is 0 Å². The topological polar surface area (TPSA) is 9.23 Å². The van der Waals surface area contributed by atoms with Gasteiger partial charge in [0.25, 0.3) is 0 Å². The van der Waals surface area contributed by atoms with Gasteiger partial charge >= 0.3 is 0 Å². The van der Waals surface area contributed by atoms with Crippen molar-refractivity contribution in [3.63, 3.8) is 0 Å². The third kappa shape index (κ3) is 2.87. The Hall–Kier alpha value is 0.690. The number of hydrogen-bond donors (Lipinski definition) is 0. The first kappa shape index (κ1) is 10.8. The molecule has 0 aromatic carbocycles. The van der Waals surface area contributed by atoms with Gasteiger partial charge in [0.2, 0.25) is 0 Å². The van der Waals surface area contributed by atoms with Gasteiger partial charge in [-0.25, -0.2) is 0 Å². The maximum Gasteiger partial charge on any atom is 0.0771 e. The van der Waals surface area contributed by atoms with Gasteiger partial charge in [-0.15, -0.1) is 0 Å². The molecule has 0 bridgehead atoms. The summed E-state index contributed by atoms with van der Waals surface area (Å²) in [5.41, 5.74) is 0.255. The highest BCUT2D eigenvalue weighted by Gasteiger charge is 2.33. The first-order valence-corrected chi connectivity index (χ1v) is 6.41. The standard InChI is InChI=1S/C10H19IO/c1-9(2)7-12-10(8-11)5-3-4-6-10/h9H,3-8H2,1-2H3. The number of rotatable bonds is 4. The Morgan fingerprint density at radius 2 is 1.92 bits per heavy atom. The van der Waals surface area contributed by atoms with Crippen molar-refractivity contribution >= 4 is 22.6 Å². The summed E-state index contributed by atoms with van der Waals surface area (Å²) in [5.74, 6) is 0.672. The second kappa shape index (κ2) is 4.80. The first-order chi connectivity index (χ1) is 5.68. The van der Waals surface area contributed by atoms with Gasteiger partial charge in [-0.3, -0.25) is 0 Å². The molecule has 0 atom stereocenters. The van der Waals surface area contributed by atoms with E-state index in [9.17, 15) is 0 Å². The fourth-order valence-corrected chi connectivity index (χ4v) is 2.66. The number of alkyl halides is 1. The van der Waals surface area contributed by atoms with Crippen LogP contribution in [-0.2, 0) is 4.74 Å². The second-order valence-electron chi connectivity index (χ2n) is 4.23. The minimum Gasteiger partial charge on any atom is -0.374 e. The first-order valence-electron chi connectivity index (χ1n) is 4.88. The Labute approximate surface area is 89.4 Å². The van der Waals surface area contributed by atoms with Crippen LogP contribution in [0.2, 0.25) is 0 Å². The smallest absolute Gasteiger partial charge is 0.0771 e. The fraction of sp³-hybridized carbons (Fsp3) is 1.00. The minimum absolute atomic E-state index is 0.255. The van der Waals surface area contributed by atoms with Crippen LogP contribution in [0.4, 0.5) is 0 Å². The molecule has 0 saturated heterocycles. The van der Waals surface area contributed by atoms with E-state index in [1.165, 1.54) is 25.7 Å². The summed E-state index contributed by atoms with van der Waals surface area (Å²) < 4.78 is 7.16. The monoisotopic (exact) mass is 282 g/mol. The molecule has 0 amide bonds. The van der Waals surface area contributed by atoms with Crippen molar-refractivity contribution in [3.05, 3.63) is 0 Å². The highest BCUT2D eigenvalue weighted by atomic mass is 127. The van der Waals surface area contributed by atoms with Crippen molar-refractivity contribution in [2.75, 3.05) is 11.0 Å². The molecule has 2 heteroatoms. The lowest BCUT2D eigenvalue weighted by Crippen LogP contribution is -2.32. The summed E-state index contributed by atoms with van der Waals surface area (Å²) in [6.07, 6.45) is 5.29. The van der Waals surface area contributed by atoms with E-state index in [2.05, 4.69) is 36.4 Å². The van der Waals surface area contributed by atoms with Crippen molar-refractivity contribution in [1.29, 1.82) is 0 Å². The van der Waals surface area contributed by atoms with Crippen molar-refractivity contribution in [2.24, 2.45) is 5.92 Å². The maximum atomic E-state index is 5.99. The Kier molecular flexibility index (Phi) is 4.30. The predicted octanol–water partition coefficient (Wildman–Crippen LogP) is 3.41. The van der Waals surface area contributed by atoms with E-state index in [1.807, 2.05) is 0 Å². The maximum absolute atomic E-state index is 5.99. The zero-order valence-corrected chi connectivity index (χ0v) is 10.3. The van der Waals surface area contributed by atoms with Crippen LogP contribution in [-0.4, -0.2) is 16.6 Å². The quantitative estimate of drug-likeness (QED) is 0.567. The lowest BCUT2D eigenvalue weighted by molar-refractivity contribution is -0.0328. The highest BCUT2D eigenvalue weighted by Crippen LogP contribution is 2.35. The van der Waals surface area contributed by atoms with Crippen LogP contribution in [0, 0.1) is 5.92 Å². The van der Waals surface area contributed by atoms with E-state index in [4.69, 9.17) is 4.74 Å². The van der Waals surface area contributed by atoms with Gasteiger partial charge in [0.1, 0.15) is 0 Å². The molecule has 0 spiro atoms. The van der Waals surface area contributed by atoms with E-state index < -0.39 is 0 Å².